The van der Waals surface area contributed by atoms with Crippen LogP contribution in [-0.2, 0) is 14.4 Å². The van der Waals surface area contributed by atoms with Gasteiger partial charge in [0.2, 0.25) is 5.91 Å². The van der Waals surface area contributed by atoms with E-state index in [1.807, 2.05) is 18.7 Å². The number of amides is 1. The number of nitrogens with zero attached hydrogens (tertiary/aromatic N) is 3. The third-order valence-electron chi connectivity index (χ3n) is 4.99. The number of carbonyl (C=O) groups excluding carboxylic acids is 2. The monoisotopic (exact) mass is 398 g/mol. The van der Waals surface area contributed by atoms with E-state index in [0.29, 0.717) is 64.8 Å². The zero-order valence-corrected chi connectivity index (χ0v) is 17.9. The highest BCUT2D eigenvalue weighted by molar-refractivity contribution is 5.82. The molecule has 0 saturated carbocycles. The molecule has 0 unspecified atom stereocenters. The molecular weight excluding hydrogens is 360 g/mol. The molecule has 28 heavy (non-hydrogen) atoms. The first-order chi connectivity index (χ1) is 13.2. The molecule has 162 valence electrons. The number of rotatable bonds is 10. The van der Waals surface area contributed by atoms with E-state index in [4.69, 9.17) is 5.11 Å². The van der Waals surface area contributed by atoms with Gasteiger partial charge in [0.15, 0.2) is 0 Å². The average Bonchev–Trinajstić information content (AvgIpc) is 2.67. The lowest BCUT2D eigenvalue weighted by atomic mass is 10.1. The number of carboxylic acids is 1. The summed E-state index contributed by atoms with van der Waals surface area (Å²) in [5.74, 6) is -0.161. The van der Waals surface area contributed by atoms with Gasteiger partial charge < -0.3 is 10.4 Å². The fourth-order valence-electron chi connectivity index (χ4n) is 3.01. The van der Waals surface area contributed by atoms with Crippen molar-refractivity contribution in [1.82, 2.24) is 20.0 Å². The average molecular weight is 399 g/mol. The molecule has 1 saturated heterocycles. The summed E-state index contributed by atoms with van der Waals surface area (Å²) in [6.07, 6.45) is 0.948. The lowest BCUT2D eigenvalue weighted by molar-refractivity contribution is -0.138. The van der Waals surface area contributed by atoms with E-state index in [1.165, 1.54) is 0 Å². The van der Waals surface area contributed by atoms with Gasteiger partial charge in [0.1, 0.15) is 5.78 Å². The largest absolute Gasteiger partial charge is 0.480 e. The Labute approximate surface area is 169 Å². The number of hydrogen-bond donors (Lipinski definition) is 2. The molecule has 0 aromatic rings. The third kappa shape index (κ3) is 10.7. The van der Waals surface area contributed by atoms with Crippen molar-refractivity contribution in [1.29, 1.82) is 0 Å². The summed E-state index contributed by atoms with van der Waals surface area (Å²) < 4.78 is 0. The summed E-state index contributed by atoms with van der Waals surface area (Å²) >= 11 is 0. The van der Waals surface area contributed by atoms with Gasteiger partial charge in [0, 0.05) is 51.7 Å². The Morgan fingerprint density at radius 1 is 0.821 bits per heavy atom. The summed E-state index contributed by atoms with van der Waals surface area (Å²) in [6, 6.07) is 0. The number of carboxylic acid groups (broad SMARTS) is 1. The molecule has 0 aromatic carbocycles. The van der Waals surface area contributed by atoms with Crippen molar-refractivity contribution in [3.05, 3.63) is 0 Å². The number of ketones is 1. The van der Waals surface area contributed by atoms with Crippen molar-refractivity contribution in [3.8, 4) is 0 Å². The Morgan fingerprint density at radius 2 is 1.29 bits per heavy atom. The molecular formula is C20H38N4O4. The summed E-state index contributed by atoms with van der Waals surface area (Å²) in [6.45, 7) is 13.2. The lowest BCUT2D eigenvalue weighted by Gasteiger charge is -2.25. The molecule has 0 radical (unpaired) electrons. The molecule has 8 nitrogen and oxygen atoms in total. The smallest absolute Gasteiger partial charge is 0.317 e. The molecule has 1 rings (SSSR count). The quantitative estimate of drug-likeness (QED) is 0.549. The maximum atomic E-state index is 12.3. The maximum Gasteiger partial charge on any atom is 0.317 e. The Balaban J connectivity index is 2.67. The Hall–Kier alpha value is -1.51. The summed E-state index contributed by atoms with van der Waals surface area (Å²) in [5, 5.41) is 12.1. The molecule has 1 heterocycles. The van der Waals surface area contributed by atoms with Crippen molar-refractivity contribution >= 4 is 17.7 Å². The van der Waals surface area contributed by atoms with Crippen LogP contribution in [0.5, 0.6) is 0 Å². The Kier molecular flexibility index (Phi) is 11.3. The van der Waals surface area contributed by atoms with Gasteiger partial charge in [0.25, 0.3) is 0 Å². The summed E-state index contributed by atoms with van der Waals surface area (Å²) in [5.41, 5.74) is 0. The lowest BCUT2D eigenvalue weighted by Crippen LogP contribution is -2.43. The number of Topliss-reactive ketones (excluding diaryl/α,β-unsaturated/α-hetero) is 1. The molecule has 2 N–H and O–H groups in total. The van der Waals surface area contributed by atoms with Crippen molar-refractivity contribution in [2.24, 2.45) is 11.8 Å². The van der Waals surface area contributed by atoms with Crippen LogP contribution in [0, 0.1) is 11.8 Å². The third-order valence-corrected chi connectivity index (χ3v) is 4.99. The predicted molar refractivity (Wildman–Crippen MR) is 109 cm³/mol. The van der Waals surface area contributed by atoms with Crippen LogP contribution in [0.3, 0.4) is 0 Å². The second-order valence-corrected chi connectivity index (χ2v) is 8.38. The van der Waals surface area contributed by atoms with Gasteiger partial charge in [-0.1, -0.05) is 27.7 Å². The molecule has 1 amide bonds. The normalized spacial score (nSPS) is 17.9. The van der Waals surface area contributed by atoms with Gasteiger partial charge >= 0.3 is 5.97 Å². The maximum absolute atomic E-state index is 12.3. The van der Waals surface area contributed by atoms with Crippen LogP contribution in [0.1, 0.15) is 34.1 Å². The van der Waals surface area contributed by atoms with E-state index >= 15 is 0 Å². The van der Waals surface area contributed by atoms with Gasteiger partial charge in [-0.3, -0.25) is 29.1 Å². The molecule has 0 bridgehead atoms. The Morgan fingerprint density at radius 3 is 1.71 bits per heavy atom. The molecule has 0 atom stereocenters. The van der Waals surface area contributed by atoms with Gasteiger partial charge in [-0.05, 0) is 12.3 Å². The molecule has 1 fully saturated rings. The van der Waals surface area contributed by atoms with Gasteiger partial charge in [-0.25, -0.2) is 0 Å². The zero-order valence-electron chi connectivity index (χ0n) is 17.9. The van der Waals surface area contributed by atoms with E-state index in [9.17, 15) is 14.4 Å². The first kappa shape index (κ1) is 24.5. The van der Waals surface area contributed by atoms with Gasteiger partial charge in [0.05, 0.1) is 19.6 Å². The van der Waals surface area contributed by atoms with Gasteiger partial charge in [-0.15, -0.1) is 0 Å². The standard InChI is InChI=1S/C20H38N4O4/c1-16(2)5-6-21-19(26)14-23-9-7-22(13-18(25)17(3)4)8-11-24(12-10-23)15-20(27)28/h16-17H,5-15H2,1-4H3,(H,21,26)(H,27,28). The van der Waals surface area contributed by atoms with Crippen LogP contribution >= 0.6 is 0 Å². The van der Waals surface area contributed by atoms with Crippen LogP contribution in [0.25, 0.3) is 0 Å². The van der Waals surface area contributed by atoms with Crippen LogP contribution in [0.2, 0.25) is 0 Å². The highest BCUT2D eigenvalue weighted by Crippen LogP contribution is 2.04. The van der Waals surface area contributed by atoms with Crippen molar-refractivity contribution in [3.63, 3.8) is 0 Å². The van der Waals surface area contributed by atoms with E-state index < -0.39 is 5.97 Å². The highest BCUT2D eigenvalue weighted by Gasteiger charge is 2.21. The summed E-state index contributed by atoms with van der Waals surface area (Å²) in [4.78, 5) is 41.6. The second-order valence-electron chi connectivity index (χ2n) is 8.38. The fourth-order valence-corrected chi connectivity index (χ4v) is 3.01. The second kappa shape index (κ2) is 12.9. The van der Waals surface area contributed by atoms with E-state index in [-0.39, 0.29) is 24.2 Å². The minimum Gasteiger partial charge on any atom is -0.480 e. The molecule has 1 aliphatic heterocycles. The molecule has 1 aliphatic rings. The van der Waals surface area contributed by atoms with E-state index in [2.05, 4.69) is 29.0 Å². The molecule has 0 aliphatic carbocycles. The van der Waals surface area contributed by atoms with Crippen LogP contribution in [0.4, 0.5) is 0 Å². The minimum absolute atomic E-state index is 0.00510. The van der Waals surface area contributed by atoms with Crippen LogP contribution < -0.4 is 5.32 Å². The molecule has 0 spiro atoms. The fraction of sp³-hybridized carbons (Fsp3) is 0.850. The van der Waals surface area contributed by atoms with Crippen molar-refractivity contribution < 1.29 is 19.5 Å². The number of aliphatic carboxylic acids is 1. The van der Waals surface area contributed by atoms with Crippen LogP contribution in [-0.4, -0.2) is 103 Å². The first-order valence-electron chi connectivity index (χ1n) is 10.4. The summed E-state index contributed by atoms with van der Waals surface area (Å²) in [7, 11) is 0. The van der Waals surface area contributed by atoms with Crippen LogP contribution in [0.15, 0.2) is 0 Å². The molecule has 0 aromatic heterocycles. The Bertz CT molecular complexity index is 510. The predicted octanol–water partition coefficient (Wildman–Crippen LogP) is 0.378. The van der Waals surface area contributed by atoms with Crippen molar-refractivity contribution in [2.45, 2.75) is 34.1 Å². The zero-order chi connectivity index (χ0) is 21.1. The van der Waals surface area contributed by atoms with E-state index in [0.717, 1.165) is 6.42 Å². The first-order valence-corrected chi connectivity index (χ1v) is 10.4. The number of carbonyl (C=O) groups is 3. The number of nitrogens with one attached hydrogen (secondary N) is 1. The van der Waals surface area contributed by atoms with Gasteiger partial charge in [-0.2, -0.15) is 0 Å². The highest BCUT2D eigenvalue weighted by atomic mass is 16.4. The number of hydrogen-bond acceptors (Lipinski definition) is 6. The molecule has 8 heteroatoms. The topological polar surface area (TPSA) is 93.2 Å². The minimum atomic E-state index is -0.859. The van der Waals surface area contributed by atoms with E-state index in [1.54, 1.807) is 0 Å². The van der Waals surface area contributed by atoms with Crippen molar-refractivity contribution in [2.75, 3.05) is 65.4 Å². The SMILES string of the molecule is CC(C)CCNC(=O)CN1CCN(CC(=O)O)CCN(CC(=O)C(C)C)CC1.